The minimum atomic E-state index is -0.466. The first-order chi connectivity index (χ1) is 10.0. The van der Waals surface area contributed by atoms with E-state index in [2.05, 4.69) is 0 Å². The molecule has 0 bridgehead atoms. The number of nitrogen functional groups attached to an aromatic ring is 2. The monoisotopic (exact) mass is 325 g/mol. The Bertz CT molecular complexity index is 681. The molecule has 0 atom stereocenters. The summed E-state index contributed by atoms with van der Waals surface area (Å²) in [6.45, 7) is 0. The smallest absolute Gasteiger partial charge is 0.265 e. The van der Waals surface area contributed by atoms with Crippen molar-refractivity contribution in [3.8, 4) is 0 Å². The molecule has 0 saturated carbocycles. The molecule has 1 amide bonds. The van der Waals surface area contributed by atoms with Crippen LogP contribution in [0.3, 0.4) is 0 Å². The number of hydrogen-bond donors (Lipinski definition) is 3. The number of nitrogens with two attached hydrogens (primary N) is 2. The summed E-state index contributed by atoms with van der Waals surface area (Å²) in [4.78, 5) is 12.2. The number of hydrazine groups is 1. The molecular formula is C14H13ClFN3OS. The van der Waals surface area contributed by atoms with Crippen molar-refractivity contribution in [1.82, 2.24) is 5.43 Å². The quantitative estimate of drug-likeness (QED) is 0.265. The lowest BCUT2D eigenvalue weighted by atomic mass is 10.1. The SMILES string of the molecule is NNC(=O)c1ccc(F)c(CSc2ccc(N)cc2Cl)c1. The molecule has 4 nitrogen and oxygen atoms in total. The number of hydrogen-bond acceptors (Lipinski definition) is 4. The second-order valence-electron chi connectivity index (χ2n) is 4.26. The van der Waals surface area contributed by atoms with Gasteiger partial charge in [-0.3, -0.25) is 10.2 Å². The van der Waals surface area contributed by atoms with Gasteiger partial charge in [0, 0.05) is 21.9 Å². The predicted molar refractivity (Wildman–Crippen MR) is 83.5 cm³/mol. The van der Waals surface area contributed by atoms with Crippen molar-refractivity contribution in [2.24, 2.45) is 5.84 Å². The zero-order valence-electron chi connectivity index (χ0n) is 10.9. The Morgan fingerprint density at radius 1 is 1.29 bits per heavy atom. The fourth-order valence-corrected chi connectivity index (χ4v) is 2.95. The van der Waals surface area contributed by atoms with Gasteiger partial charge < -0.3 is 5.73 Å². The molecule has 0 aliphatic heterocycles. The van der Waals surface area contributed by atoms with Crippen LogP contribution in [-0.4, -0.2) is 5.91 Å². The van der Waals surface area contributed by atoms with Crippen LogP contribution in [0.4, 0.5) is 10.1 Å². The number of rotatable bonds is 4. The van der Waals surface area contributed by atoms with Gasteiger partial charge in [-0.15, -0.1) is 11.8 Å². The first-order valence-corrected chi connectivity index (χ1v) is 7.35. The third kappa shape index (κ3) is 3.87. The third-order valence-corrected chi connectivity index (χ3v) is 4.33. The van der Waals surface area contributed by atoms with E-state index in [-0.39, 0.29) is 5.82 Å². The third-order valence-electron chi connectivity index (χ3n) is 2.78. The molecule has 0 aliphatic carbocycles. The Hall–Kier alpha value is -1.76. The molecule has 0 heterocycles. The zero-order valence-corrected chi connectivity index (χ0v) is 12.5. The number of amides is 1. The van der Waals surface area contributed by atoms with Crippen LogP contribution in [0, 0.1) is 5.82 Å². The van der Waals surface area contributed by atoms with Crippen LogP contribution >= 0.6 is 23.4 Å². The molecule has 2 aromatic carbocycles. The van der Waals surface area contributed by atoms with E-state index < -0.39 is 5.91 Å². The average molecular weight is 326 g/mol. The number of benzene rings is 2. The molecule has 0 radical (unpaired) electrons. The highest BCUT2D eigenvalue weighted by Gasteiger charge is 2.10. The summed E-state index contributed by atoms with van der Waals surface area (Å²) >= 11 is 7.43. The summed E-state index contributed by atoms with van der Waals surface area (Å²) in [6, 6.07) is 9.22. The maximum Gasteiger partial charge on any atom is 0.265 e. The van der Waals surface area contributed by atoms with Gasteiger partial charge in [0.2, 0.25) is 0 Å². The molecule has 2 aromatic rings. The van der Waals surface area contributed by atoms with Crippen LogP contribution in [0.15, 0.2) is 41.3 Å². The lowest BCUT2D eigenvalue weighted by Gasteiger charge is -2.08. The molecular weight excluding hydrogens is 313 g/mol. The van der Waals surface area contributed by atoms with E-state index in [1.807, 2.05) is 5.43 Å². The Kier molecular flexibility index (Phi) is 5.06. The topological polar surface area (TPSA) is 81.1 Å². The molecule has 0 aliphatic rings. The van der Waals surface area contributed by atoms with Gasteiger partial charge in [-0.1, -0.05) is 11.6 Å². The molecule has 7 heteroatoms. The van der Waals surface area contributed by atoms with Crippen molar-refractivity contribution in [2.45, 2.75) is 10.6 Å². The summed E-state index contributed by atoms with van der Waals surface area (Å²) < 4.78 is 13.8. The van der Waals surface area contributed by atoms with Gasteiger partial charge in [-0.05, 0) is 42.0 Å². The van der Waals surface area contributed by atoms with Crippen LogP contribution in [0.5, 0.6) is 0 Å². The number of anilines is 1. The van der Waals surface area contributed by atoms with Crippen LogP contribution in [0.1, 0.15) is 15.9 Å². The van der Waals surface area contributed by atoms with E-state index in [1.165, 1.54) is 30.0 Å². The van der Waals surface area contributed by atoms with E-state index in [4.69, 9.17) is 23.2 Å². The van der Waals surface area contributed by atoms with Crippen molar-refractivity contribution in [2.75, 3.05) is 5.73 Å². The highest BCUT2D eigenvalue weighted by atomic mass is 35.5. The van der Waals surface area contributed by atoms with Crippen molar-refractivity contribution in [3.63, 3.8) is 0 Å². The number of carbonyl (C=O) groups is 1. The molecule has 0 saturated heterocycles. The summed E-state index contributed by atoms with van der Waals surface area (Å²) in [5.74, 6) is 4.55. The van der Waals surface area contributed by atoms with Gasteiger partial charge in [-0.2, -0.15) is 0 Å². The van der Waals surface area contributed by atoms with E-state index in [0.717, 1.165) is 4.90 Å². The summed E-state index contributed by atoms with van der Waals surface area (Å²) in [7, 11) is 0. The first kappa shape index (κ1) is 15.6. The molecule has 0 aromatic heterocycles. The fourth-order valence-electron chi connectivity index (χ4n) is 1.70. The second kappa shape index (κ2) is 6.80. The molecule has 21 heavy (non-hydrogen) atoms. The molecule has 0 spiro atoms. The Labute approximate surface area is 130 Å². The first-order valence-electron chi connectivity index (χ1n) is 5.98. The van der Waals surface area contributed by atoms with E-state index in [0.29, 0.717) is 27.6 Å². The lowest BCUT2D eigenvalue weighted by molar-refractivity contribution is 0.0953. The standard InChI is InChI=1S/C14H13ClFN3OS/c15-11-6-10(17)2-4-13(11)21-7-9-5-8(14(20)19-18)1-3-12(9)16/h1-6H,7,17-18H2,(H,19,20). The number of carbonyl (C=O) groups excluding carboxylic acids is 1. The number of thioether (sulfide) groups is 1. The van der Waals surface area contributed by atoms with Gasteiger partial charge in [-0.25, -0.2) is 10.2 Å². The fraction of sp³-hybridized carbons (Fsp3) is 0.0714. The molecule has 110 valence electrons. The Morgan fingerprint density at radius 2 is 2.05 bits per heavy atom. The predicted octanol–water partition coefficient (Wildman–Crippen LogP) is 2.96. The van der Waals surface area contributed by atoms with E-state index >= 15 is 0 Å². The average Bonchev–Trinajstić information content (AvgIpc) is 2.47. The minimum Gasteiger partial charge on any atom is -0.399 e. The molecule has 0 fully saturated rings. The van der Waals surface area contributed by atoms with Crippen molar-refractivity contribution >= 4 is 35.0 Å². The number of halogens is 2. The molecule has 0 unspecified atom stereocenters. The lowest BCUT2D eigenvalue weighted by Crippen LogP contribution is -2.30. The number of nitrogens with one attached hydrogen (secondary N) is 1. The largest absolute Gasteiger partial charge is 0.399 e. The highest BCUT2D eigenvalue weighted by Crippen LogP contribution is 2.31. The van der Waals surface area contributed by atoms with Crippen molar-refractivity contribution in [1.29, 1.82) is 0 Å². The maximum absolute atomic E-state index is 13.8. The van der Waals surface area contributed by atoms with Gasteiger partial charge in [0.05, 0.1) is 5.02 Å². The highest BCUT2D eigenvalue weighted by molar-refractivity contribution is 7.98. The Morgan fingerprint density at radius 3 is 2.71 bits per heavy atom. The zero-order chi connectivity index (χ0) is 15.4. The molecule has 2 rings (SSSR count). The summed E-state index contributed by atoms with van der Waals surface area (Å²) in [6.07, 6.45) is 0. The van der Waals surface area contributed by atoms with Crippen molar-refractivity contribution in [3.05, 3.63) is 58.4 Å². The second-order valence-corrected chi connectivity index (χ2v) is 5.68. The summed E-state index contributed by atoms with van der Waals surface area (Å²) in [5, 5.41) is 0.510. The molecule has 5 N–H and O–H groups in total. The van der Waals surface area contributed by atoms with Gasteiger partial charge in [0.25, 0.3) is 5.91 Å². The van der Waals surface area contributed by atoms with Crippen molar-refractivity contribution < 1.29 is 9.18 Å². The Balaban J connectivity index is 2.17. The normalized spacial score (nSPS) is 10.4. The maximum atomic E-state index is 13.8. The van der Waals surface area contributed by atoms with Crippen LogP contribution in [0.25, 0.3) is 0 Å². The van der Waals surface area contributed by atoms with Crippen LogP contribution in [0.2, 0.25) is 5.02 Å². The summed E-state index contributed by atoms with van der Waals surface area (Å²) in [5.41, 5.74) is 8.90. The van der Waals surface area contributed by atoms with E-state index in [1.54, 1.807) is 18.2 Å². The van der Waals surface area contributed by atoms with E-state index in [9.17, 15) is 9.18 Å². The van der Waals surface area contributed by atoms with Gasteiger partial charge in [0.15, 0.2) is 0 Å². The van der Waals surface area contributed by atoms with Gasteiger partial charge in [0.1, 0.15) is 5.82 Å². The van der Waals surface area contributed by atoms with Crippen LogP contribution < -0.4 is 17.0 Å². The van der Waals surface area contributed by atoms with Gasteiger partial charge >= 0.3 is 0 Å². The minimum absolute atomic E-state index is 0.304. The van der Waals surface area contributed by atoms with Crippen LogP contribution in [-0.2, 0) is 5.75 Å².